The number of hydrogen-bond acceptors (Lipinski definition) is 6. The Morgan fingerprint density at radius 2 is 2.12 bits per heavy atom. The number of nitrogens with zero attached hydrogens (tertiary/aromatic N) is 3. The lowest BCUT2D eigenvalue weighted by Gasteiger charge is -2.11. The van der Waals surface area contributed by atoms with Gasteiger partial charge in [-0.25, -0.2) is 9.97 Å². The van der Waals surface area contributed by atoms with Gasteiger partial charge in [0.2, 0.25) is 5.88 Å². The molecule has 2 heterocycles. The number of para-hydroxylation sites is 1. The zero-order valence-electron chi connectivity index (χ0n) is 13.3. The molecule has 0 radical (unpaired) electrons. The highest BCUT2D eigenvalue weighted by Gasteiger charge is 2.15. The lowest BCUT2D eigenvalue weighted by molar-refractivity contribution is -0.383. The van der Waals surface area contributed by atoms with Gasteiger partial charge in [0.15, 0.2) is 5.52 Å². The number of pyridine rings is 2. The Bertz CT molecular complexity index is 911. The summed E-state index contributed by atoms with van der Waals surface area (Å²) < 4.78 is 5.11. The van der Waals surface area contributed by atoms with Crippen LogP contribution in [0, 0.1) is 17.0 Å². The van der Waals surface area contributed by atoms with Gasteiger partial charge in [-0.15, -0.1) is 0 Å². The van der Waals surface area contributed by atoms with Gasteiger partial charge in [-0.05, 0) is 24.6 Å². The van der Waals surface area contributed by atoms with E-state index in [-0.39, 0.29) is 5.69 Å². The van der Waals surface area contributed by atoms with Gasteiger partial charge in [-0.2, -0.15) is 0 Å². The molecule has 7 heteroatoms. The van der Waals surface area contributed by atoms with Gasteiger partial charge in [0, 0.05) is 41.6 Å². The molecule has 0 aliphatic carbocycles. The van der Waals surface area contributed by atoms with Crippen LogP contribution in [0.1, 0.15) is 11.3 Å². The summed E-state index contributed by atoms with van der Waals surface area (Å²) in [4.78, 5) is 19.2. The van der Waals surface area contributed by atoms with Crippen molar-refractivity contribution < 1.29 is 9.66 Å². The van der Waals surface area contributed by atoms with E-state index in [4.69, 9.17) is 4.74 Å². The van der Waals surface area contributed by atoms with Crippen molar-refractivity contribution >= 4 is 22.3 Å². The van der Waals surface area contributed by atoms with Gasteiger partial charge >= 0.3 is 0 Å². The van der Waals surface area contributed by atoms with Crippen molar-refractivity contribution in [2.45, 2.75) is 13.5 Å². The number of fused-ring (bicyclic) bond motifs is 1. The van der Waals surface area contributed by atoms with Crippen LogP contribution in [0.3, 0.4) is 0 Å². The molecule has 3 rings (SSSR count). The molecular formula is C17H16N4O3. The SMILES string of the molecule is COc1cc(CNc2cc(C)nc3c([N+](=O)[O-])cccc23)ccn1. The van der Waals surface area contributed by atoms with Gasteiger partial charge < -0.3 is 10.1 Å². The Labute approximate surface area is 138 Å². The maximum atomic E-state index is 11.2. The minimum Gasteiger partial charge on any atom is -0.481 e. The third kappa shape index (κ3) is 3.10. The number of aryl methyl sites for hydroxylation is 1. The van der Waals surface area contributed by atoms with Crippen LogP contribution in [-0.4, -0.2) is 22.0 Å². The maximum Gasteiger partial charge on any atom is 0.295 e. The van der Waals surface area contributed by atoms with Crippen molar-refractivity contribution in [1.82, 2.24) is 9.97 Å². The van der Waals surface area contributed by atoms with Crippen molar-refractivity contribution in [2.75, 3.05) is 12.4 Å². The Hall–Kier alpha value is -3.22. The fourth-order valence-electron chi connectivity index (χ4n) is 2.52. The van der Waals surface area contributed by atoms with E-state index in [1.165, 1.54) is 6.07 Å². The van der Waals surface area contributed by atoms with Crippen LogP contribution in [0.5, 0.6) is 5.88 Å². The van der Waals surface area contributed by atoms with E-state index in [1.807, 2.05) is 31.2 Å². The summed E-state index contributed by atoms with van der Waals surface area (Å²) in [5.41, 5.74) is 2.90. The maximum absolute atomic E-state index is 11.2. The molecule has 3 aromatic rings. The molecule has 0 spiro atoms. The molecule has 0 saturated carbocycles. The van der Waals surface area contributed by atoms with Crippen LogP contribution in [0.25, 0.3) is 10.9 Å². The zero-order chi connectivity index (χ0) is 17.1. The van der Waals surface area contributed by atoms with E-state index < -0.39 is 4.92 Å². The van der Waals surface area contributed by atoms with Gasteiger partial charge in [-0.3, -0.25) is 10.1 Å². The number of aromatic nitrogens is 2. The van der Waals surface area contributed by atoms with E-state index in [1.54, 1.807) is 19.4 Å². The third-order valence-corrected chi connectivity index (χ3v) is 3.63. The summed E-state index contributed by atoms with van der Waals surface area (Å²) in [7, 11) is 1.57. The number of nitro groups is 1. The zero-order valence-corrected chi connectivity index (χ0v) is 13.3. The smallest absolute Gasteiger partial charge is 0.295 e. The molecule has 0 amide bonds. The molecule has 7 nitrogen and oxygen atoms in total. The molecule has 0 saturated heterocycles. The number of hydrogen-bond donors (Lipinski definition) is 1. The van der Waals surface area contributed by atoms with Crippen molar-refractivity contribution in [3.05, 3.63) is 64.0 Å². The highest BCUT2D eigenvalue weighted by Crippen LogP contribution is 2.30. The average molecular weight is 324 g/mol. The first-order chi connectivity index (χ1) is 11.6. The summed E-state index contributed by atoms with van der Waals surface area (Å²) in [6.45, 7) is 2.36. The number of methoxy groups -OCH3 is 1. The van der Waals surface area contributed by atoms with Crippen LogP contribution in [0.15, 0.2) is 42.6 Å². The molecule has 0 fully saturated rings. The number of benzene rings is 1. The summed E-state index contributed by atoms with van der Waals surface area (Å²) in [5.74, 6) is 0.542. The number of ether oxygens (including phenoxy) is 1. The number of nitro benzene ring substituents is 1. The number of anilines is 1. The number of nitrogens with one attached hydrogen (secondary N) is 1. The summed E-state index contributed by atoms with van der Waals surface area (Å²) in [6.07, 6.45) is 1.68. The first-order valence-corrected chi connectivity index (χ1v) is 7.36. The second-order valence-electron chi connectivity index (χ2n) is 5.30. The minimum atomic E-state index is -0.410. The third-order valence-electron chi connectivity index (χ3n) is 3.63. The van der Waals surface area contributed by atoms with Gasteiger partial charge in [0.25, 0.3) is 5.69 Å². The molecule has 1 aromatic carbocycles. The van der Waals surface area contributed by atoms with Gasteiger partial charge in [0.1, 0.15) is 0 Å². The average Bonchev–Trinajstić information content (AvgIpc) is 2.59. The molecule has 2 aromatic heterocycles. The van der Waals surface area contributed by atoms with Crippen molar-refractivity contribution in [3.63, 3.8) is 0 Å². The monoisotopic (exact) mass is 324 g/mol. The minimum absolute atomic E-state index is 0.00447. The van der Waals surface area contributed by atoms with Crippen molar-refractivity contribution in [3.8, 4) is 5.88 Å². The van der Waals surface area contributed by atoms with Crippen LogP contribution >= 0.6 is 0 Å². The van der Waals surface area contributed by atoms with E-state index in [0.29, 0.717) is 23.6 Å². The Morgan fingerprint density at radius 3 is 2.88 bits per heavy atom. The quantitative estimate of drug-likeness (QED) is 0.571. The lowest BCUT2D eigenvalue weighted by atomic mass is 10.1. The summed E-state index contributed by atoms with van der Waals surface area (Å²) in [6, 6.07) is 10.6. The molecule has 0 aliphatic rings. The van der Waals surface area contributed by atoms with E-state index in [2.05, 4.69) is 15.3 Å². The predicted molar refractivity (Wildman–Crippen MR) is 91.3 cm³/mol. The summed E-state index contributed by atoms with van der Waals surface area (Å²) >= 11 is 0. The lowest BCUT2D eigenvalue weighted by Crippen LogP contribution is -2.03. The second kappa shape index (κ2) is 6.49. The first-order valence-electron chi connectivity index (χ1n) is 7.36. The molecule has 0 atom stereocenters. The van der Waals surface area contributed by atoms with Crippen LogP contribution < -0.4 is 10.1 Å². The Morgan fingerprint density at radius 1 is 1.29 bits per heavy atom. The highest BCUT2D eigenvalue weighted by atomic mass is 16.6. The van der Waals surface area contributed by atoms with E-state index in [9.17, 15) is 10.1 Å². The molecule has 122 valence electrons. The number of non-ortho nitro benzene ring substituents is 1. The van der Waals surface area contributed by atoms with Crippen molar-refractivity contribution in [2.24, 2.45) is 0 Å². The largest absolute Gasteiger partial charge is 0.481 e. The topological polar surface area (TPSA) is 90.2 Å². The van der Waals surface area contributed by atoms with Crippen LogP contribution in [0.2, 0.25) is 0 Å². The normalized spacial score (nSPS) is 10.6. The molecule has 0 unspecified atom stereocenters. The van der Waals surface area contributed by atoms with Crippen LogP contribution in [-0.2, 0) is 6.54 Å². The Balaban J connectivity index is 1.97. The van der Waals surface area contributed by atoms with Gasteiger partial charge in [-0.1, -0.05) is 12.1 Å². The highest BCUT2D eigenvalue weighted by molar-refractivity contribution is 5.96. The fourth-order valence-corrected chi connectivity index (χ4v) is 2.52. The first kappa shape index (κ1) is 15.7. The standard InChI is InChI=1S/C17H16N4O3/c1-11-8-14(19-10-12-6-7-18-16(9-12)24-2)13-4-3-5-15(21(22)23)17(13)20-11/h3-9H,10H2,1-2H3,(H,19,20). The second-order valence-corrected chi connectivity index (χ2v) is 5.30. The molecular weight excluding hydrogens is 308 g/mol. The predicted octanol–water partition coefficient (Wildman–Crippen LogP) is 3.47. The summed E-state index contributed by atoms with van der Waals surface area (Å²) in [5, 5.41) is 15.2. The van der Waals surface area contributed by atoms with E-state index >= 15 is 0 Å². The fraction of sp³-hybridized carbons (Fsp3) is 0.176. The van der Waals surface area contributed by atoms with Crippen LogP contribution in [0.4, 0.5) is 11.4 Å². The molecule has 0 bridgehead atoms. The van der Waals surface area contributed by atoms with E-state index in [0.717, 1.165) is 16.6 Å². The Kier molecular flexibility index (Phi) is 4.24. The number of rotatable bonds is 5. The van der Waals surface area contributed by atoms with Gasteiger partial charge in [0.05, 0.1) is 12.0 Å². The molecule has 0 aliphatic heterocycles. The molecule has 24 heavy (non-hydrogen) atoms. The van der Waals surface area contributed by atoms with Crippen molar-refractivity contribution in [1.29, 1.82) is 0 Å². The molecule has 1 N–H and O–H groups in total.